The molecule has 45 heavy (non-hydrogen) atoms. The fourth-order valence-corrected chi connectivity index (χ4v) is 4.47. The first-order valence-electron chi connectivity index (χ1n) is 15.4. The number of hydrogen-bond donors (Lipinski definition) is 8. The molecule has 0 radical (unpaired) electrons. The minimum absolute atomic E-state index is 0.120. The molecule has 14 heteroatoms. The predicted molar refractivity (Wildman–Crippen MR) is 169 cm³/mol. The van der Waals surface area contributed by atoms with Gasteiger partial charge in [-0.15, -0.1) is 0 Å². The largest absolute Gasteiger partial charge is 0.480 e. The first-order chi connectivity index (χ1) is 21.2. The maximum absolute atomic E-state index is 13.6. The molecule has 0 saturated heterocycles. The highest BCUT2D eigenvalue weighted by Crippen LogP contribution is 2.11. The van der Waals surface area contributed by atoms with Crippen molar-refractivity contribution in [3.05, 3.63) is 35.9 Å². The number of nitrogens with two attached hydrogens (primary N) is 3. The highest BCUT2D eigenvalue weighted by atomic mass is 16.4. The Balaban J connectivity index is 3.18. The van der Waals surface area contributed by atoms with Crippen molar-refractivity contribution in [1.29, 1.82) is 0 Å². The van der Waals surface area contributed by atoms with Crippen LogP contribution < -0.4 is 38.5 Å². The Hall–Kier alpha value is -4.04. The SMILES string of the molecule is CCC(C)[C@H](N)C(=O)N[C@@H](Cc1ccccc1)C(=O)N[C@H](C(=O)N[C@@H](CCC(N)=O)C(=O)N[C@@H](CCCCN)C(=O)O)C(C)C. The van der Waals surface area contributed by atoms with Crippen molar-refractivity contribution in [3.8, 4) is 0 Å². The number of carboxylic acid groups (broad SMARTS) is 1. The molecule has 1 aromatic rings. The first-order valence-corrected chi connectivity index (χ1v) is 15.4. The van der Waals surface area contributed by atoms with Gasteiger partial charge in [0, 0.05) is 12.8 Å². The fourth-order valence-electron chi connectivity index (χ4n) is 4.47. The Morgan fingerprint density at radius 2 is 1.36 bits per heavy atom. The number of carboxylic acids is 1. The van der Waals surface area contributed by atoms with Gasteiger partial charge in [0.2, 0.25) is 29.5 Å². The van der Waals surface area contributed by atoms with E-state index in [0.29, 0.717) is 25.8 Å². The third-order valence-electron chi connectivity index (χ3n) is 7.60. The van der Waals surface area contributed by atoms with Crippen molar-refractivity contribution < 1.29 is 33.9 Å². The molecule has 11 N–H and O–H groups in total. The van der Waals surface area contributed by atoms with E-state index < -0.39 is 71.6 Å². The summed E-state index contributed by atoms with van der Waals surface area (Å²) in [7, 11) is 0. The lowest BCUT2D eigenvalue weighted by Crippen LogP contribution is -2.60. The van der Waals surface area contributed by atoms with Crippen LogP contribution in [0.3, 0.4) is 0 Å². The second kappa shape index (κ2) is 20.1. The van der Waals surface area contributed by atoms with Crippen molar-refractivity contribution in [2.24, 2.45) is 29.0 Å². The van der Waals surface area contributed by atoms with Gasteiger partial charge in [0.25, 0.3) is 0 Å². The van der Waals surface area contributed by atoms with E-state index in [1.807, 2.05) is 19.9 Å². The van der Waals surface area contributed by atoms with E-state index in [1.54, 1.807) is 38.1 Å². The predicted octanol–water partition coefficient (Wildman–Crippen LogP) is -0.323. The average Bonchev–Trinajstić information content (AvgIpc) is 2.99. The van der Waals surface area contributed by atoms with Crippen LogP contribution in [-0.2, 0) is 35.2 Å². The summed E-state index contributed by atoms with van der Waals surface area (Å²) < 4.78 is 0. The van der Waals surface area contributed by atoms with Crippen molar-refractivity contribution in [1.82, 2.24) is 21.3 Å². The van der Waals surface area contributed by atoms with Crippen molar-refractivity contribution >= 4 is 35.5 Å². The summed E-state index contributed by atoms with van der Waals surface area (Å²) in [6.45, 7) is 7.47. The quantitative estimate of drug-likeness (QED) is 0.0825. The number of unbranched alkanes of at least 4 members (excludes halogenated alkanes) is 1. The van der Waals surface area contributed by atoms with E-state index in [9.17, 15) is 33.9 Å². The molecule has 0 saturated carbocycles. The number of benzene rings is 1. The second-order valence-electron chi connectivity index (χ2n) is 11.6. The molecule has 0 aromatic heterocycles. The minimum Gasteiger partial charge on any atom is -0.480 e. The fraction of sp³-hybridized carbons (Fsp3) is 0.613. The molecular weight excluding hydrogens is 582 g/mol. The number of nitrogens with one attached hydrogen (secondary N) is 4. The zero-order valence-corrected chi connectivity index (χ0v) is 26.7. The molecular formula is C31H51N7O7. The highest BCUT2D eigenvalue weighted by Gasteiger charge is 2.33. The number of primary amides is 1. The number of carbonyl (C=O) groups is 6. The van der Waals surface area contributed by atoms with Crippen LogP contribution >= 0.6 is 0 Å². The van der Waals surface area contributed by atoms with Crippen LogP contribution in [0.2, 0.25) is 0 Å². The summed E-state index contributed by atoms with van der Waals surface area (Å²) >= 11 is 0. The molecule has 1 aromatic carbocycles. The molecule has 5 amide bonds. The zero-order valence-electron chi connectivity index (χ0n) is 26.7. The van der Waals surface area contributed by atoms with Crippen molar-refractivity contribution in [3.63, 3.8) is 0 Å². The maximum Gasteiger partial charge on any atom is 0.326 e. The van der Waals surface area contributed by atoms with E-state index in [-0.39, 0.29) is 31.6 Å². The monoisotopic (exact) mass is 633 g/mol. The highest BCUT2D eigenvalue weighted by molar-refractivity contribution is 5.95. The average molecular weight is 634 g/mol. The molecule has 0 fully saturated rings. The number of rotatable bonds is 21. The second-order valence-corrected chi connectivity index (χ2v) is 11.6. The van der Waals surface area contributed by atoms with E-state index in [4.69, 9.17) is 17.2 Å². The van der Waals surface area contributed by atoms with E-state index in [2.05, 4.69) is 21.3 Å². The van der Waals surface area contributed by atoms with Crippen LogP contribution in [0.4, 0.5) is 0 Å². The molecule has 0 aliphatic carbocycles. The van der Waals surface area contributed by atoms with Crippen LogP contribution in [0.15, 0.2) is 30.3 Å². The van der Waals surface area contributed by atoms with Gasteiger partial charge in [-0.25, -0.2) is 4.79 Å². The normalized spacial score (nSPS) is 15.1. The Morgan fingerprint density at radius 3 is 1.89 bits per heavy atom. The van der Waals surface area contributed by atoms with Crippen LogP contribution in [0, 0.1) is 11.8 Å². The Labute approximate surface area is 265 Å². The maximum atomic E-state index is 13.6. The smallest absolute Gasteiger partial charge is 0.326 e. The molecule has 0 bridgehead atoms. The third kappa shape index (κ3) is 14.1. The summed E-state index contributed by atoms with van der Waals surface area (Å²) in [6.07, 6.45) is 1.47. The zero-order chi connectivity index (χ0) is 34.1. The molecule has 0 aliphatic heterocycles. The van der Waals surface area contributed by atoms with Gasteiger partial charge in [-0.3, -0.25) is 24.0 Å². The van der Waals surface area contributed by atoms with Gasteiger partial charge >= 0.3 is 5.97 Å². The van der Waals surface area contributed by atoms with Gasteiger partial charge in [-0.2, -0.15) is 0 Å². The number of carbonyl (C=O) groups excluding carboxylic acids is 5. The summed E-state index contributed by atoms with van der Waals surface area (Å²) in [5.41, 5.74) is 17.6. The van der Waals surface area contributed by atoms with Crippen molar-refractivity contribution in [2.75, 3.05) is 6.54 Å². The summed E-state index contributed by atoms with van der Waals surface area (Å²) in [5.74, 6) is -5.27. The molecule has 0 heterocycles. The van der Waals surface area contributed by atoms with E-state index in [0.717, 1.165) is 5.56 Å². The van der Waals surface area contributed by atoms with Crippen LogP contribution in [-0.4, -0.2) is 77.4 Å². The van der Waals surface area contributed by atoms with Gasteiger partial charge in [0.15, 0.2) is 0 Å². The summed E-state index contributed by atoms with van der Waals surface area (Å²) in [4.78, 5) is 76.4. The Kier molecular flexibility index (Phi) is 17.4. The lowest BCUT2D eigenvalue weighted by Gasteiger charge is -2.28. The Morgan fingerprint density at radius 1 is 0.778 bits per heavy atom. The van der Waals surface area contributed by atoms with Crippen LogP contribution in [0.1, 0.15) is 71.8 Å². The van der Waals surface area contributed by atoms with Gasteiger partial charge in [-0.05, 0) is 49.6 Å². The van der Waals surface area contributed by atoms with Gasteiger partial charge in [0.05, 0.1) is 6.04 Å². The van der Waals surface area contributed by atoms with Gasteiger partial charge in [-0.1, -0.05) is 64.4 Å². The molecule has 1 rings (SSSR count). The molecule has 6 atom stereocenters. The summed E-state index contributed by atoms with van der Waals surface area (Å²) in [6, 6.07) is 3.40. The topological polar surface area (TPSA) is 249 Å². The van der Waals surface area contributed by atoms with Crippen LogP contribution in [0.25, 0.3) is 0 Å². The summed E-state index contributed by atoms with van der Waals surface area (Å²) in [5, 5.41) is 19.9. The molecule has 0 spiro atoms. The number of amides is 5. The van der Waals surface area contributed by atoms with Gasteiger partial charge < -0.3 is 43.6 Å². The third-order valence-corrected chi connectivity index (χ3v) is 7.60. The van der Waals surface area contributed by atoms with E-state index in [1.165, 1.54) is 0 Å². The van der Waals surface area contributed by atoms with Gasteiger partial charge in [0.1, 0.15) is 24.2 Å². The van der Waals surface area contributed by atoms with E-state index >= 15 is 0 Å². The molecule has 1 unspecified atom stereocenters. The lowest BCUT2D eigenvalue weighted by molar-refractivity contribution is -0.142. The molecule has 252 valence electrons. The standard InChI is InChI=1S/C31H51N7O7/c1-5-19(4)25(34)29(42)37-23(17-20-11-7-6-8-12-20)28(41)38-26(18(2)3)30(43)35-21(14-15-24(33)39)27(40)36-22(31(44)45)13-9-10-16-32/h6-8,11-12,18-19,21-23,25-26H,5,9-10,13-17,32,34H2,1-4H3,(H2,33,39)(H,35,43)(H,36,40)(H,37,42)(H,38,41)(H,44,45)/t19?,21-,22-,23-,25-,26-/m0/s1. The number of aliphatic carboxylic acids is 1. The van der Waals surface area contributed by atoms with Crippen LogP contribution in [0.5, 0.6) is 0 Å². The minimum atomic E-state index is -1.31. The first kappa shape index (κ1) is 39.0. The molecule has 0 aliphatic rings. The molecule has 14 nitrogen and oxygen atoms in total. The lowest BCUT2D eigenvalue weighted by atomic mass is 9.97. The number of hydrogen-bond acceptors (Lipinski definition) is 8. The van der Waals surface area contributed by atoms with Crippen molar-refractivity contribution in [2.45, 2.75) is 103 Å². The Bertz CT molecular complexity index is 1130.